The number of para-hydroxylation sites is 1. The van der Waals surface area contributed by atoms with Crippen molar-refractivity contribution in [2.24, 2.45) is 0 Å². The molecule has 3 rings (SSSR count). The molecule has 1 saturated heterocycles. The van der Waals surface area contributed by atoms with Crippen LogP contribution in [0, 0.1) is 0 Å². The van der Waals surface area contributed by atoms with Gasteiger partial charge >= 0.3 is 5.97 Å². The van der Waals surface area contributed by atoms with Gasteiger partial charge in [0.05, 0.1) is 6.10 Å². The van der Waals surface area contributed by atoms with E-state index in [0.717, 1.165) is 42.3 Å². The number of fused-ring (bicyclic) bond motifs is 1. The summed E-state index contributed by atoms with van der Waals surface area (Å²) in [6.45, 7) is 0.755. The van der Waals surface area contributed by atoms with Crippen LogP contribution in [-0.4, -0.2) is 40.7 Å². The average Bonchev–Trinajstić information content (AvgIpc) is 3.03. The summed E-state index contributed by atoms with van der Waals surface area (Å²) in [6.07, 6.45) is 6.31. The van der Waals surface area contributed by atoms with Crippen molar-refractivity contribution in [2.45, 2.75) is 50.7 Å². The summed E-state index contributed by atoms with van der Waals surface area (Å²) < 4.78 is 5.61. The molecule has 6 nitrogen and oxygen atoms in total. The molecular formula is C19H24N2O4. The van der Waals surface area contributed by atoms with Gasteiger partial charge in [0.1, 0.15) is 6.04 Å². The van der Waals surface area contributed by atoms with Crippen LogP contribution in [0.3, 0.4) is 0 Å². The molecule has 0 radical (unpaired) electrons. The third kappa shape index (κ3) is 4.60. The minimum Gasteiger partial charge on any atom is -0.480 e. The number of H-pyrrole nitrogens is 1. The highest BCUT2D eigenvalue weighted by atomic mass is 16.5. The second-order valence-electron chi connectivity index (χ2n) is 6.55. The number of benzene rings is 1. The first kappa shape index (κ1) is 17.5. The fraction of sp³-hybridized carbons (Fsp3) is 0.474. The second kappa shape index (κ2) is 8.16. The molecule has 1 aliphatic heterocycles. The van der Waals surface area contributed by atoms with E-state index in [9.17, 15) is 14.7 Å². The molecule has 1 amide bonds. The molecule has 134 valence electrons. The van der Waals surface area contributed by atoms with Gasteiger partial charge in [0, 0.05) is 36.5 Å². The molecule has 1 fully saturated rings. The summed E-state index contributed by atoms with van der Waals surface area (Å²) in [5, 5.41) is 13.1. The Morgan fingerprint density at radius 3 is 2.92 bits per heavy atom. The van der Waals surface area contributed by atoms with Crippen molar-refractivity contribution in [1.29, 1.82) is 0 Å². The zero-order chi connectivity index (χ0) is 17.6. The lowest BCUT2D eigenvalue weighted by Crippen LogP contribution is -2.42. The van der Waals surface area contributed by atoms with Crippen molar-refractivity contribution >= 4 is 22.8 Å². The van der Waals surface area contributed by atoms with Crippen molar-refractivity contribution in [2.75, 3.05) is 6.61 Å². The van der Waals surface area contributed by atoms with E-state index in [0.29, 0.717) is 12.8 Å². The number of carbonyl (C=O) groups excluding carboxylic acids is 1. The summed E-state index contributed by atoms with van der Waals surface area (Å²) in [6, 6.07) is 6.79. The van der Waals surface area contributed by atoms with Gasteiger partial charge in [-0.1, -0.05) is 18.2 Å². The molecule has 1 aromatic heterocycles. The van der Waals surface area contributed by atoms with Crippen molar-refractivity contribution in [3.05, 3.63) is 36.0 Å². The predicted molar refractivity (Wildman–Crippen MR) is 94.4 cm³/mol. The molecule has 2 unspecified atom stereocenters. The highest BCUT2D eigenvalue weighted by Gasteiger charge is 2.23. The maximum atomic E-state index is 12.2. The third-order valence-corrected chi connectivity index (χ3v) is 4.70. The zero-order valence-corrected chi connectivity index (χ0v) is 14.2. The number of carboxylic acids is 1. The van der Waals surface area contributed by atoms with Crippen molar-refractivity contribution in [1.82, 2.24) is 10.3 Å². The van der Waals surface area contributed by atoms with Gasteiger partial charge in [-0.05, 0) is 37.3 Å². The molecule has 25 heavy (non-hydrogen) atoms. The Hall–Kier alpha value is -2.34. The van der Waals surface area contributed by atoms with E-state index in [1.165, 1.54) is 0 Å². The smallest absolute Gasteiger partial charge is 0.326 e. The molecule has 0 aliphatic carbocycles. The number of nitrogens with one attached hydrogen (secondary N) is 2. The number of carbonyl (C=O) groups is 2. The first-order valence-electron chi connectivity index (χ1n) is 8.82. The summed E-state index contributed by atoms with van der Waals surface area (Å²) in [7, 11) is 0. The van der Waals surface area contributed by atoms with Crippen LogP contribution in [0.1, 0.15) is 37.7 Å². The molecule has 1 aliphatic rings. The van der Waals surface area contributed by atoms with E-state index in [1.807, 2.05) is 30.5 Å². The highest BCUT2D eigenvalue weighted by Crippen LogP contribution is 2.20. The topological polar surface area (TPSA) is 91.4 Å². The minimum atomic E-state index is -1.02. The van der Waals surface area contributed by atoms with E-state index < -0.39 is 12.0 Å². The van der Waals surface area contributed by atoms with Crippen LogP contribution in [0.25, 0.3) is 10.9 Å². The quantitative estimate of drug-likeness (QED) is 0.720. The number of aliphatic carboxylic acids is 1. The van der Waals surface area contributed by atoms with E-state index in [-0.39, 0.29) is 18.4 Å². The molecule has 2 atom stereocenters. The summed E-state index contributed by atoms with van der Waals surface area (Å²) in [4.78, 5) is 26.8. The monoisotopic (exact) mass is 344 g/mol. The van der Waals surface area contributed by atoms with Gasteiger partial charge < -0.3 is 20.1 Å². The fourth-order valence-corrected chi connectivity index (χ4v) is 3.31. The minimum absolute atomic E-state index is 0.122. The van der Waals surface area contributed by atoms with Gasteiger partial charge in [-0.15, -0.1) is 0 Å². The third-order valence-electron chi connectivity index (χ3n) is 4.70. The number of rotatable bonds is 7. The first-order chi connectivity index (χ1) is 12.1. The molecule has 0 spiro atoms. The van der Waals surface area contributed by atoms with Gasteiger partial charge in [-0.2, -0.15) is 0 Å². The Balaban J connectivity index is 1.57. The lowest BCUT2D eigenvalue weighted by atomic mass is 10.0. The molecule has 1 aromatic carbocycles. The van der Waals surface area contributed by atoms with Gasteiger partial charge in [0.25, 0.3) is 0 Å². The number of hydrogen-bond acceptors (Lipinski definition) is 3. The Morgan fingerprint density at radius 1 is 1.32 bits per heavy atom. The summed E-state index contributed by atoms with van der Waals surface area (Å²) in [5.74, 6) is -1.26. The maximum absolute atomic E-state index is 12.2. The van der Waals surface area contributed by atoms with Gasteiger partial charge in [0.15, 0.2) is 0 Å². The molecule has 0 saturated carbocycles. The Morgan fingerprint density at radius 2 is 2.16 bits per heavy atom. The van der Waals surface area contributed by atoms with Gasteiger partial charge in [-0.3, -0.25) is 4.79 Å². The Bertz CT molecular complexity index is 734. The lowest BCUT2D eigenvalue weighted by Gasteiger charge is -2.22. The largest absolute Gasteiger partial charge is 0.480 e. The van der Waals surface area contributed by atoms with E-state index >= 15 is 0 Å². The van der Waals surface area contributed by atoms with Crippen LogP contribution in [-0.2, 0) is 20.7 Å². The van der Waals surface area contributed by atoms with E-state index in [2.05, 4.69) is 10.3 Å². The molecule has 3 N–H and O–H groups in total. The number of amides is 1. The Labute approximate surface area is 146 Å². The Kier molecular flexibility index (Phi) is 5.71. The van der Waals surface area contributed by atoms with Crippen LogP contribution >= 0.6 is 0 Å². The van der Waals surface area contributed by atoms with Crippen LogP contribution in [0.5, 0.6) is 0 Å². The number of aromatic amines is 1. The normalized spacial score (nSPS) is 18.8. The maximum Gasteiger partial charge on any atom is 0.326 e. The zero-order valence-electron chi connectivity index (χ0n) is 14.2. The number of carboxylic acid groups (broad SMARTS) is 1. The average molecular weight is 344 g/mol. The van der Waals surface area contributed by atoms with Crippen LogP contribution < -0.4 is 5.32 Å². The summed E-state index contributed by atoms with van der Waals surface area (Å²) in [5.41, 5.74) is 1.85. The second-order valence-corrected chi connectivity index (χ2v) is 6.55. The SMILES string of the molecule is O=C(CCC1CCCCO1)NC(Cc1c[nH]c2ccccc12)C(=O)O. The van der Waals surface area contributed by atoms with Gasteiger partial charge in [0.2, 0.25) is 5.91 Å². The molecule has 0 bridgehead atoms. The molecular weight excluding hydrogens is 320 g/mol. The number of hydrogen-bond donors (Lipinski definition) is 3. The fourth-order valence-electron chi connectivity index (χ4n) is 3.31. The summed E-state index contributed by atoms with van der Waals surface area (Å²) >= 11 is 0. The standard InChI is InChI=1S/C19H24N2O4/c22-18(9-8-14-5-3-4-10-25-14)21-17(19(23)24)11-13-12-20-16-7-2-1-6-15(13)16/h1-2,6-7,12,14,17,20H,3-5,8-11H2,(H,21,22)(H,23,24). The lowest BCUT2D eigenvalue weighted by molar-refractivity contribution is -0.141. The van der Waals surface area contributed by atoms with Crippen LogP contribution in [0.2, 0.25) is 0 Å². The molecule has 2 aromatic rings. The molecule has 2 heterocycles. The van der Waals surface area contributed by atoms with Crippen molar-refractivity contribution in [3.63, 3.8) is 0 Å². The number of ether oxygens (including phenoxy) is 1. The van der Waals surface area contributed by atoms with Crippen LogP contribution in [0.4, 0.5) is 0 Å². The molecule has 6 heteroatoms. The predicted octanol–water partition coefficient (Wildman–Crippen LogP) is 2.63. The van der Waals surface area contributed by atoms with Crippen LogP contribution in [0.15, 0.2) is 30.5 Å². The van der Waals surface area contributed by atoms with Crippen molar-refractivity contribution < 1.29 is 19.4 Å². The van der Waals surface area contributed by atoms with Gasteiger partial charge in [-0.25, -0.2) is 4.79 Å². The van der Waals surface area contributed by atoms with Crippen molar-refractivity contribution in [3.8, 4) is 0 Å². The highest BCUT2D eigenvalue weighted by molar-refractivity contribution is 5.86. The first-order valence-corrected chi connectivity index (χ1v) is 8.82. The number of aromatic nitrogens is 1. The van der Waals surface area contributed by atoms with E-state index in [1.54, 1.807) is 0 Å². The van der Waals surface area contributed by atoms with E-state index in [4.69, 9.17) is 4.74 Å².